The minimum Gasteiger partial charge on any atom is -0.453 e. The quantitative estimate of drug-likeness (QED) is 0.202. The summed E-state index contributed by atoms with van der Waals surface area (Å²) in [7, 11) is 1.27. The Kier molecular flexibility index (Phi) is 6.77. The molecule has 3 aromatic carbocycles. The van der Waals surface area contributed by atoms with Crippen LogP contribution in [0.25, 0.3) is 16.6 Å². The summed E-state index contributed by atoms with van der Waals surface area (Å²) >= 11 is 5.58. The first-order valence-corrected chi connectivity index (χ1v) is 10.7. The van der Waals surface area contributed by atoms with E-state index in [2.05, 4.69) is 15.4 Å². The smallest absolute Gasteiger partial charge is 0.417 e. The van der Waals surface area contributed by atoms with Crippen LogP contribution in [-0.4, -0.2) is 29.0 Å². The number of amides is 3. The molecule has 3 amide bonds. The Bertz CT molecular complexity index is 1440. The second-order valence-electron chi connectivity index (χ2n) is 7.53. The summed E-state index contributed by atoms with van der Waals surface area (Å²) in [6, 6.07) is 15.3. The fraction of sp³-hybridized carbons (Fsp3) is 0.0833. The molecule has 8 nitrogen and oxygen atoms in total. The van der Waals surface area contributed by atoms with Crippen molar-refractivity contribution in [3.05, 3.63) is 83.5 Å². The second-order valence-corrected chi connectivity index (χ2v) is 7.93. The van der Waals surface area contributed by atoms with Crippen molar-refractivity contribution in [3.8, 4) is 5.69 Å². The Labute approximate surface area is 207 Å². The molecule has 0 aliphatic carbocycles. The molecule has 0 aliphatic rings. The molecule has 3 N–H and O–H groups in total. The van der Waals surface area contributed by atoms with Crippen LogP contribution in [0.3, 0.4) is 0 Å². The molecule has 0 saturated heterocycles. The molecule has 0 fully saturated rings. The van der Waals surface area contributed by atoms with Gasteiger partial charge < -0.3 is 14.6 Å². The number of urea groups is 1. The molecule has 1 aromatic heterocycles. The van der Waals surface area contributed by atoms with Crippen molar-refractivity contribution in [2.45, 2.75) is 6.18 Å². The van der Waals surface area contributed by atoms with Gasteiger partial charge in [-0.15, -0.1) is 0 Å². The second kappa shape index (κ2) is 9.80. The van der Waals surface area contributed by atoms with E-state index in [4.69, 9.17) is 11.6 Å². The zero-order valence-corrected chi connectivity index (χ0v) is 19.3. The van der Waals surface area contributed by atoms with E-state index in [1.807, 2.05) is 22.9 Å². The molecule has 0 unspecified atom stereocenters. The predicted molar refractivity (Wildman–Crippen MR) is 129 cm³/mol. The summed E-state index contributed by atoms with van der Waals surface area (Å²) in [6.07, 6.45) is -3.50. The molecule has 4 rings (SSSR count). The molecule has 0 radical (unpaired) electrons. The first-order valence-electron chi connectivity index (χ1n) is 10.3. The summed E-state index contributed by atoms with van der Waals surface area (Å²) in [6.45, 7) is 0. The lowest BCUT2D eigenvalue weighted by atomic mass is 10.2. The number of benzene rings is 3. The average molecular weight is 519 g/mol. The van der Waals surface area contributed by atoms with Gasteiger partial charge in [0.1, 0.15) is 0 Å². The Morgan fingerprint density at radius 2 is 1.67 bits per heavy atom. The van der Waals surface area contributed by atoms with Crippen LogP contribution in [0.2, 0.25) is 5.02 Å². The Morgan fingerprint density at radius 1 is 0.972 bits per heavy atom. The molecular formula is C24H18ClF3N4O4. The van der Waals surface area contributed by atoms with Crippen LogP contribution in [0.15, 0.2) is 72.9 Å². The Hall–Kier alpha value is -4.22. The highest BCUT2D eigenvalue weighted by molar-refractivity contribution is 6.31. The number of alkyl halides is 3. The van der Waals surface area contributed by atoms with Gasteiger partial charge in [0.15, 0.2) is 0 Å². The lowest BCUT2D eigenvalue weighted by molar-refractivity contribution is -0.137. The number of carbonyl (C=O) groups excluding carboxylic acids is 2. The molecule has 36 heavy (non-hydrogen) atoms. The number of anilines is 3. The zero-order chi connectivity index (χ0) is 26.0. The van der Waals surface area contributed by atoms with Crippen molar-refractivity contribution in [1.29, 1.82) is 0 Å². The highest BCUT2D eigenvalue weighted by atomic mass is 35.5. The topological polar surface area (TPSA) is 95.8 Å². The SMILES string of the molecule is COC(=O)Nc1ccc2c(ccn2-c2ccc(NC(=O)N(O)c3ccc(Cl)c(C(F)(F)F)c3)cc2)c1. The predicted octanol–water partition coefficient (Wildman–Crippen LogP) is 6.91. The van der Waals surface area contributed by atoms with Crippen LogP contribution < -0.4 is 15.7 Å². The standard InChI is InChI=1S/C24H18ClF3N4O4/c1-36-23(34)30-16-4-9-21-14(12-16)10-11-31(21)17-5-2-15(3-6-17)29-22(33)32(35)18-7-8-20(25)19(13-18)24(26,27)28/h2-13,35H,1H3,(H,29,33)(H,30,34). The maximum Gasteiger partial charge on any atom is 0.417 e. The normalized spacial score (nSPS) is 11.3. The number of nitrogens with one attached hydrogen (secondary N) is 2. The third-order valence-electron chi connectivity index (χ3n) is 5.21. The van der Waals surface area contributed by atoms with Gasteiger partial charge in [0.05, 0.1) is 28.9 Å². The summed E-state index contributed by atoms with van der Waals surface area (Å²) in [5.41, 5.74) is 0.901. The fourth-order valence-electron chi connectivity index (χ4n) is 3.48. The number of methoxy groups -OCH3 is 1. The Balaban J connectivity index is 1.49. The van der Waals surface area contributed by atoms with E-state index in [0.29, 0.717) is 17.4 Å². The van der Waals surface area contributed by atoms with E-state index in [1.54, 1.807) is 36.4 Å². The van der Waals surface area contributed by atoms with Gasteiger partial charge in [0.2, 0.25) is 0 Å². The van der Waals surface area contributed by atoms with E-state index < -0.39 is 34.6 Å². The van der Waals surface area contributed by atoms with E-state index in [0.717, 1.165) is 28.7 Å². The highest BCUT2D eigenvalue weighted by Crippen LogP contribution is 2.37. The van der Waals surface area contributed by atoms with E-state index in [-0.39, 0.29) is 5.06 Å². The van der Waals surface area contributed by atoms with Crippen molar-refractivity contribution < 1.29 is 32.7 Å². The van der Waals surface area contributed by atoms with E-state index in [1.165, 1.54) is 7.11 Å². The van der Waals surface area contributed by atoms with Gasteiger partial charge in [-0.2, -0.15) is 18.2 Å². The van der Waals surface area contributed by atoms with Crippen LogP contribution in [0.5, 0.6) is 0 Å². The van der Waals surface area contributed by atoms with Crippen molar-refractivity contribution in [1.82, 2.24) is 4.57 Å². The number of carbonyl (C=O) groups is 2. The average Bonchev–Trinajstić information content (AvgIpc) is 3.26. The molecule has 0 atom stereocenters. The van der Waals surface area contributed by atoms with Crippen LogP contribution in [0, 0.1) is 0 Å². The minimum atomic E-state index is -4.75. The van der Waals surface area contributed by atoms with Crippen molar-refractivity contribution in [3.63, 3.8) is 0 Å². The number of halogens is 4. The first kappa shape index (κ1) is 24.9. The zero-order valence-electron chi connectivity index (χ0n) is 18.5. The number of fused-ring (bicyclic) bond motifs is 1. The third-order valence-corrected chi connectivity index (χ3v) is 5.54. The summed E-state index contributed by atoms with van der Waals surface area (Å²) < 4.78 is 45.7. The van der Waals surface area contributed by atoms with Gasteiger partial charge in [0.25, 0.3) is 0 Å². The van der Waals surface area contributed by atoms with Gasteiger partial charge in [-0.05, 0) is 66.7 Å². The van der Waals surface area contributed by atoms with Gasteiger partial charge in [-0.1, -0.05) is 11.6 Å². The third kappa shape index (κ3) is 5.21. The molecule has 0 bridgehead atoms. The van der Waals surface area contributed by atoms with E-state index in [9.17, 15) is 28.0 Å². The summed E-state index contributed by atoms with van der Waals surface area (Å²) in [5, 5.41) is 15.5. The van der Waals surface area contributed by atoms with Crippen molar-refractivity contribution in [2.24, 2.45) is 0 Å². The van der Waals surface area contributed by atoms with Gasteiger partial charge >= 0.3 is 18.3 Å². The summed E-state index contributed by atoms with van der Waals surface area (Å²) in [4.78, 5) is 23.8. The highest BCUT2D eigenvalue weighted by Gasteiger charge is 2.34. The lowest BCUT2D eigenvalue weighted by Gasteiger charge is -2.18. The number of hydrogen-bond acceptors (Lipinski definition) is 4. The molecule has 4 aromatic rings. The van der Waals surface area contributed by atoms with Gasteiger partial charge in [-0.3, -0.25) is 10.5 Å². The number of aromatic nitrogens is 1. The molecule has 1 heterocycles. The summed E-state index contributed by atoms with van der Waals surface area (Å²) in [5.74, 6) is 0. The monoisotopic (exact) mass is 518 g/mol. The Morgan fingerprint density at radius 3 is 2.33 bits per heavy atom. The molecule has 12 heteroatoms. The molecule has 186 valence electrons. The first-order chi connectivity index (χ1) is 17.1. The van der Waals surface area contributed by atoms with Crippen LogP contribution >= 0.6 is 11.6 Å². The number of rotatable bonds is 4. The number of hydrogen-bond donors (Lipinski definition) is 3. The van der Waals surface area contributed by atoms with Crippen molar-refractivity contribution in [2.75, 3.05) is 22.8 Å². The molecule has 0 saturated carbocycles. The fourth-order valence-corrected chi connectivity index (χ4v) is 3.70. The number of ether oxygens (including phenoxy) is 1. The number of nitrogens with zero attached hydrogens (tertiary/aromatic N) is 2. The van der Waals surface area contributed by atoms with Crippen LogP contribution in [-0.2, 0) is 10.9 Å². The van der Waals surface area contributed by atoms with Crippen LogP contribution in [0.1, 0.15) is 5.56 Å². The van der Waals surface area contributed by atoms with E-state index >= 15 is 0 Å². The maximum atomic E-state index is 13.1. The van der Waals surface area contributed by atoms with Crippen molar-refractivity contribution >= 4 is 51.7 Å². The largest absolute Gasteiger partial charge is 0.453 e. The maximum absolute atomic E-state index is 13.1. The number of hydroxylamine groups is 1. The molecule has 0 spiro atoms. The lowest BCUT2D eigenvalue weighted by Crippen LogP contribution is -2.32. The van der Waals surface area contributed by atoms with Gasteiger partial charge in [0, 0.05) is 28.6 Å². The molecule has 0 aliphatic heterocycles. The van der Waals surface area contributed by atoms with Gasteiger partial charge in [-0.25, -0.2) is 9.59 Å². The van der Waals surface area contributed by atoms with Crippen LogP contribution in [0.4, 0.5) is 39.8 Å². The molecular weight excluding hydrogens is 501 g/mol. The minimum absolute atomic E-state index is 0.0683.